The van der Waals surface area contributed by atoms with E-state index in [2.05, 4.69) is 31.0 Å². The second kappa shape index (κ2) is 7.91. The number of benzene rings is 1. The van der Waals surface area contributed by atoms with Gasteiger partial charge in [-0.25, -0.2) is 4.68 Å². The number of amides is 1. The summed E-state index contributed by atoms with van der Waals surface area (Å²) in [6, 6.07) is 7.04. The van der Waals surface area contributed by atoms with Crippen LogP contribution in [-0.2, 0) is 16.1 Å². The number of aromatic nitrogens is 6. The molecule has 1 fully saturated rings. The molecule has 1 aliphatic heterocycles. The maximum absolute atomic E-state index is 11.9. The zero-order chi connectivity index (χ0) is 18.5. The summed E-state index contributed by atoms with van der Waals surface area (Å²) in [4.78, 5) is 16.2. The number of tetrazole rings is 1. The van der Waals surface area contributed by atoms with Crippen molar-refractivity contribution < 1.29 is 18.8 Å². The van der Waals surface area contributed by atoms with Crippen molar-refractivity contribution in [3.8, 4) is 11.4 Å². The molecule has 0 aliphatic carbocycles. The van der Waals surface area contributed by atoms with Crippen molar-refractivity contribution >= 4 is 5.91 Å². The molecule has 1 aliphatic rings. The molecule has 2 aromatic heterocycles. The van der Waals surface area contributed by atoms with Crippen LogP contribution >= 0.6 is 0 Å². The molecule has 0 spiro atoms. The van der Waals surface area contributed by atoms with Crippen LogP contribution in [0.4, 0.5) is 0 Å². The van der Waals surface area contributed by atoms with E-state index in [1.807, 2.05) is 0 Å². The fourth-order valence-electron chi connectivity index (χ4n) is 2.59. The van der Waals surface area contributed by atoms with Crippen LogP contribution in [0.15, 0.2) is 35.1 Å². The minimum atomic E-state index is -0.289. The maximum Gasteiger partial charge on any atom is 0.258 e. The summed E-state index contributed by atoms with van der Waals surface area (Å²) in [5, 5.41) is 17.5. The second-order valence-electron chi connectivity index (χ2n) is 5.86. The summed E-state index contributed by atoms with van der Waals surface area (Å²) in [6.45, 7) is 0.741. The van der Waals surface area contributed by atoms with E-state index in [0.29, 0.717) is 24.1 Å². The molecule has 0 unspecified atom stereocenters. The summed E-state index contributed by atoms with van der Waals surface area (Å²) in [6.07, 6.45) is 3.20. The second-order valence-corrected chi connectivity index (χ2v) is 5.86. The number of hydrogen-bond donors (Lipinski definition) is 1. The van der Waals surface area contributed by atoms with Crippen LogP contribution < -0.4 is 10.1 Å². The smallest absolute Gasteiger partial charge is 0.258 e. The Labute approximate surface area is 153 Å². The third-order valence-corrected chi connectivity index (χ3v) is 3.95. The van der Waals surface area contributed by atoms with Crippen LogP contribution in [0.2, 0.25) is 0 Å². The highest BCUT2D eigenvalue weighted by Crippen LogP contribution is 2.26. The lowest BCUT2D eigenvalue weighted by Gasteiger charge is -2.07. The van der Waals surface area contributed by atoms with Crippen molar-refractivity contribution in [3.05, 3.63) is 42.3 Å². The highest BCUT2D eigenvalue weighted by Gasteiger charge is 2.23. The zero-order valence-electron chi connectivity index (χ0n) is 14.3. The van der Waals surface area contributed by atoms with Crippen LogP contribution in [0.25, 0.3) is 5.69 Å². The molecule has 4 rings (SSSR count). The predicted molar refractivity (Wildman–Crippen MR) is 88.7 cm³/mol. The van der Waals surface area contributed by atoms with Gasteiger partial charge >= 0.3 is 0 Å². The molecule has 1 saturated heterocycles. The van der Waals surface area contributed by atoms with E-state index >= 15 is 0 Å². The highest BCUT2D eigenvalue weighted by molar-refractivity contribution is 5.77. The van der Waals surface area contributed by atoms with E-state index < -0.39 is 0 Å². The average molecular weight is 371 g/mol. The molecule has 11 heteroatoms. The van der Waals surface area contributed by atoms with Crippen molar-refractivity contribution in [1.82, 2.24) is 35.7 Å². The number of carbonyl (C=O) groups is 1. The number of nitrogens with zero attached hydrogens (tertiary/aromatic N) is 6. The van der Waals surface area contributed by atoms with Crippen LogP contribution in [0, 0.1) is 0 Å². The summed E-state index contributed by atoms with van der Waals surface area (Å²) in [5.74, 6) is 1.13. The van der Waals surface area contributed by atoms with Crippen molar-refractivity contribution in [1.29, 1.82) is 0 Å². The van der Waals surface area contributed by atoms with Gasteiger partial charge in [-0.2, -0.15) is 4.98 Å². The fraction of sp³-hybridized carbons (Fsp3) is 0.375. The fourth-order valence-corrected chi connectivity index (χ4v) is 2.59. The van der Waals surface area contributed by atoms with Gasteiger partial charge in [0.2, 0.25) is 0 Å². The first-order valence-electron chi connectivity index (χ1n) is 8.45. The minimum Gasteiger partial charge on any atom is -0.484 e. The Bertz CT molecular complexity index is 873. The van der Waals surface area contributed by atoms with E-state index in [1.165, 1.54) is 11.0 Å². The quantitative estimate of drug-likeness (QED) is 0.634. The Hall–Kier alpha value is -3.34. The molecule has 1 amide bonds. The standard InChI is InChI=1S/C16H17N7O4/c24-15(17-8-14-19-16(27-20-14)13-2-1-7-25-13)9-26-12-5-3-11(4-6-12)23-10-18-21-22-23/h3-6,10,13H,1-2,7-9H2,(H,17,24)/t13-/m0/s1. The molecule has 3 aromatic rings. The molecular formula is C16H17N7O4. The lowest BCUT2D eigenvalue weighted by Crippen LogP contribution is -2.28. The normalized spacial score (nSPS) is 16.4. The summed E-state index contributed by atoms with van der Waals surface area (Å²) >= 11 is 0. The molecule has 0 saturated carbocycles. The van der Waals surface area contributed by atoms with Crippen molar-refractivity contribution in [2.24, 2.45) is 0 Å². The van der Waals surface area contributed by atoms with Gasteiger partial charge < -0.3 is 19.3 Å². The van der Waals surface area contributed by atoms with Gasteiger partial charge in [0.25, 0.3) is 11.8 Å². The first kappa shape index (κ1) is 17.1. The lowest BCUT2D eigenvalue weighted by molar-refractivity contribution is -0.123. The molecular weight excluding hydrogens is 354 g/mol. The van der Waals surface area contributed by atoms with Crippen molar-refractivity contribution in [2.45, 2.75) is 25.5 Å². The molecule has 1 N–H and O–H groups in total. The Morgan fingerprint density at radius 3 is 2.96 bits per heavy atom. The van der Waals surface area contributed by atoms with Gasteiger partial charge in [-0.05, 0) is 47.5 Å². The van der Waals surface area contributed by atoms with Gasteiger partial charge in [-0.3, -0.25) is 4.79 Å². The largest absolute Gasteiger partial charge is 0.484 e. The molecule has 0 bridgehead atoms. The molecule has 1 aromatic carbocycles. The van der Waals surface area contributed by atoms with Gasteiger partial charge in [0.15, 0.2) is 12.4 Å². The van der Waals surface area contributed by atoms with Gasteiger partial charge in [0.05, 0.1) is 12.2 Å². The Kier molecular flexibility index (Phi) is 5.01. The first-order valence-corrected chi connectivity index (χ1v) is 8.45. The molecule has 11 nitrogen and oxygen atoms in total. The molecule has 0 radical (unpaired) electrons. The highest BCUT2D eigenvalue weighted by atomic mass is 16.5. The van der Waals surface area contributed by atoms with E-state index in [0.717, 1.165) is 18.5 Å². The van der Waals surface area contributed by atoms with Crippen LogP contribution in [0.5, 0.6) is 5.75 Å². The van der Waals surface area contributed by atoms with Crippen LogP contribution in [0.1, 0.15) is 30.7 Å². The minimum absolute atomic E-state index is 0.124. The molecule has 1 atom stereocenters. The van der Waals surface area contributed by atoms with Gasteiger partial charge in [-0.1, -0.05) is 5.16 Å². The summed E-state index contributed by atoms with van der Waals surface area (Å²) in [7, 11) is 0. The number of rotatable bonds is 7. The maximum atomic E-state index is 11.9. The summed E-state index contributed by atoms with van der Waals surface area (Å²) < 4.78 is 17.6. The summed E-state index contributed by atoms with van der Waals surface area (Å²) in [5.41, 5.74) is 0.788. The van der Waals surface area contributed by atoms with Crippen molar-refractivity contribution in [2.75, 3.05) is 13.2 Å². The van der Waals surface area contributed by atoms with Gasteiger partial charge in [-0.15, -0.1) is 5.10 Å². The molecule has 27 heavy (non-hydrogen) atoms. The lowest BCUT2D eigenvalue weighted by atomic mass is 10.2. The topological polar surface area (TPSA) is 130 Å². The zero-order valence-corrected chi connectivity index (χ0v) is 14.3. The monoisotopic (exact) mass is 371 g/mol. The van der Waals surface area contributed by atoms with E-state index in [-0.39, 0.29) is 25.2 Å². The average Bonchev–Trinajstić information content (AvgIpc) is 3.47. The Morgan fingerprint density at radius 1 is 1.33 bits per heavy atom. The van der Waals surface area contributed by atoms with Gasteiger partial charge in [0, 0.05) is 6.61 Å². The number of carbonyl (C=O) groups excluding carboxylic acids is 1. The van der Waals surface area contributed by atoms with Gasteiger partial charge in [0.1, 0.15) is 18.2 Å². The number of nitrogens with one attached hydrogen (secondary N) is 1. The molecule has 140 valence electrons. The predicted octanol–water partition coefficient (Wildman–Crippen LogP) is 0.592. The molecule has 3 heterocycles. The van der Waals surface area contributed by atoms with E-state index in [9.17, 15) is 4.79 Å². The van der Waals surface area contributed by atoms with Crippen molar-refractivity contribution in [3.63, 3.8) is 0 Å². The Morgan fingerprint density at radius 2 is 2.22 bits per heavy atom. The number of ether oxygens (including phenoxy) is 2. The van der Waals surface area contributed by atoms with E-state index in [1.54, 1.807) is 24.3 Å². The first-order chi connectivity index (χ1) is 13.3. The third kappa shape index (κ3) is 4.26. The van der Waals surface area contributed by atoms with Crippen LogP contribution in [0.3, 0.4) is 0 Å². The number of hydrogen-bond acceptors (Lipinski definition) is 9. The third-order valence-electron chi connectivity index (χ3n) is 3.95. The van der Waals surface area contributed by atoms with Crippen LogP contribution in [-0.4, -0.2) is 49.5 Å². The SMILES string of the molecule is O=C(COc1ccc(-n2cnnn2)cc1)NCc1noc([C@@H]2CCCO2)n1. The van der Waals surface area contributed by atoms with E-state index in [4.69, 9.17) is 14.0 Å². The Balaban J connectivity index is 1.23.